The Balaban J connectivity index is 1.36. The number of carbonyl (C=O) groups is 1. The van der Waals surface area contributed by atoms with Crippen LogP contribution in [-0.2, 0) is 0 Å². The molecule has 0 saturated carbocycles. The Kier molecular flexibility index (Phi) is 5.54. The van der Waals surface area contributed by atoms with E-state index in [1.165, 1.54) is 11.3 Å². The van der Waals surface area contributed by atoms with Gasteiger partial charge in [-0.3, -0.25) is 10.1 Å². The summed E-state index contributed by atoms with van der Waals surface area (Å²) >= 11 is 1.47. The SMILES string of the molecule is Cc1ccc2nc(NC(=O)c3cccc(Nc4cc(-c5ccccc5)nc(C)n4)c3)sc2c1. The number of rotatable bonds is 5. The van der Waals surface area contributed by atoms with E-state index in [4.69, 9.17) is 0 Å². The van der Waals surface area contributed by atoms with Crippen molar-refractivity contribution >= 4 is 44.1 Å². The van der Waals surface area contributed by atoms with Crippen molar-refractivity contribution in [2.24, 2.45) is 0 Å². The highest BCUT2D eigenvalue weighted by Crippen LogP contribution is 2.27. The minimum Gasteiger partial charge on any atom is -0.340 e. The van der Waals surface area contributed by atoms with Crippen molar-refractivity contribution in [1.29, 1.82) is 0 Å². The summed E-state index contributed by atoms with van der Waals surface area (Å²) in [5.41, 5.74) is 5.20. The summed E-state index contributed by atoms with van der Waals surface area (Å²) in [6.07, 6.45) is 0. The molecule has 162 valence electrons. The van der Waals surface area contributed by atoms with Crippen LogP contribution in [-0.4, -0.2) is 20.9 Å². The van der Waals surface area contributed by atoms with Crippen LogP contribution in [0.4, 0.5) is 16.6 Å². The number of anilines is 3. The van der Waals surface area contributed by atoms with E-state index in [0.717, 1.165) is 32.7 Å². The lowest BCUT2D eigenvalue weighted by atomic mass is 10.1. The smallest absolute Gasteiger partial charge is 0.257 e. The molecule has 0 radical (unpaired) electrons. The molecule has 0 fully saturated rings. The third kappa shape index (κ3) is 4.73. The number of benzene rings is 3. The van der Waals surface area contributed by atoms with Gasteiger partial charge in [-0.15, -0.1) is 0 Å². The van der Waals surface area contributed by atoms with Gasteiger partial charge in [-0.1, -0.05) is 53.8 Å². The number of nitrogens with one attached hydrogen (secondary N) is 2. The summed E-state index contributed by atoms with van der Waals surface area (Å²) in [5, 5.41) is 6.79. The van der Waals surface area contributed by atoms with Crippen molar-refractivity contribution < 1.29 is 4.79 Å². The average molecular weight is 452 g/mol. The summed E-state index contributed by atoms with van der Waals surface area (Å²) < 4.78 is 1.05. The van der Waals surface area contributed by atoms with Crippen molar-refractivity contribution in [3.8, 4) is 11.3 Å². The molecule has 5 aromatic rings. The molecule has 0 aliphatic heterocycles. The lowest BCUT2D eigenvalue weighted by Gasteiger charge is -2.10. The molecule has 2 N–H and O–H groups in total. The Labute approximate surface area is 195 Å². The maximum atomic E-state index is 12.9. The highest BCUT2D eigenvalue weighted by molar-refractivity contribution is 7.22. The van der Waals surface area contributed by atoms with E-state index in [1.807, 2.05) is 74.5 Å². The van der Waals surface area contributed by atoms with Gasteiger partial charge in [-0.05, 0) is 49.7 Å². The van der Waals surface area contributed by atoms with Gasteiger partial charge in [0.25, 0.3) is 5.91 Å². The Morgan fingerprint density at radius 2 is 1.70 bits per heavy atom. The average Bonchev–Trinajstić information content (AvgIpc) is 3.20. The fourth-order valence-electron chi connectivity index (χ4n) is 3.53. The highest BCUT2D eigenvalue weighted by Gasteiger charge is 2.11. The zero-order valence-corrected chi connectivity index (χ0v) is 19.0. The number of fused-ring (bicyclic) bond motifs is 1. The topological polar surface area (TPSA) is 79.8 Å². The molecule has 0 spiro atoms. The van der Waals surface area contributed by atoms with E-state index < -0.39 is 0 Å². The van der Waals surface area contributed by atoms with Crippen LogP contribution in [0.25, 0.3) is 21.5 Å². The minimum absolute atomic E-state index is 0.210. The number of amides is 1. The number of hydrogen-bond donors (Lipinski definition) is 2. The zero-order valence-electron chi connectivity index (χ0n) is 18.2. The van der Waals surface area contributed by atoms with Gasteiger partial charge in [0, 0.05) is 22.9 Å². The number of aryl methyl sites for hydroxylation is 2. The van der Waals surface area contributed by atoms with Gasteiger partial charge in [-0.25, -0.2) is 15.0 Å². The second-order valence-corrected chi connectivity index (χ2v) is 8.73. The molecule has 1 amide bonds. The summed E-state index contributed by atoms with van der Waals surface area (Å²) in [6.45, 7) is 3.90. The summed E-state index contributed by atoms with van der Waals surface area (Å²) in [4.78, 5) is 26.4. The molecule has 0 aliphatic carbocycles. The van der Waals surface area contributed by atoms with Crippen LogP contribution in [0.1, 0.15) is 21.7 Å². The summed E-state index contributed by atoms with van der Waals surface area (Å²) in [7, 11) is 0. The van der Waals surface area contributed by atoms with Gasteiger partial charge < -0.3 is 5.32 Å². The standard InChI is InChI=1S/C26H21N5OS/c1-16-11-12-21-23(13-16)33-26(30-21)31-25(32)19-9-6-10-20(14-19)29-24-15-22(27-17(2)28-24)18-7-4-3-5-8-18/h3-15H,1-2H3,(H,27,28,29)(H,30,31,32). The maximum Gasteiger partial charge on any atom is 0.257 e. The van der Waals surface area contributed by atoms with E-state index >= 15 is 0 Å². The zero-order chi connectivity index (χ0) is 22.8. The first kappa shape index (κ1) is 20.8. The molecular weight excluding hydrogens is 430 g/mol. The van der Waals surface area contributed by atoms with Crippen LogP contribution in [0.5, 0.6) is 0 Å². The Morgan fingerprint density at radius 3 is 2.55 bits per heavy atom. The van der Waals surface area contributed by atoms with Crippen molar-refractivity contribution in [2.45, 2.75) is 13.8 Å². The van der Waals surface area contributed by atoms with Crippen LogP contribution >= 0.6 is 11.3 Å². The number of thiazole rings is 1. The third-order valence-corrected chi connectivity index (χ3v) is 6.00. The first-order valence-corrected chi connectivity index (χ1v) is 11.3. The first-order chi connectivity index (χ1) is 16.0. The molecule has 33 heavy (non-hydrogen) atoms. The highest BCUT2D eigenvalue weighted by atomic mass is 32.1. The predicted molar refractivity (Wildman–Crippen MR) is 134 cm³/mol. The molecule has 7 heteroatoms. The molecule has 2 heterocycles. The van der Waals surface area contributed by atoms with Crippen molar-refractivity contribution in [3.63, 3.8) is 0 Å². The van der Waals surface area contributed by atoms with Crippen LogP contribution in [0.3, 0.4) is 0 Å². The predicted octanol–water partition coefficient (Wildman–Crippen LogP) is 6.37. The first-order valence-electron chi connectivity index (χ1n) is 10.5. The molecule has 0 unspecified atom stereocenters. The molecule has 3 aromatic carbocycles. The molecule has 0 saturated heterocycles. The quantitative estimate of drug-likeness (QED) is 0.325. The third-order valence-electron chi connectivity index (χ3n) is 5.07. The monoisotopic (exact) mass is 451 g/mol. The van der Waals surface area contributed by atoms with E-state index in [2.05, 4.69) is 31.7 Å². The number of aromatic nitrogens is 3. The lowest BCUT2D eigenvalue weighted by Crippen LogP contribution is -2.11. The van der Waals surface area contributed by atoms with Crippen LogP contribution in [0.2, 0.25) is 0 Å². The molecule has 0 bridgehead atoms. The van der Waals surface area contributed by atoms with Gasteiger partial charge in [0.05, 0.1) is 15.9 Å². The van der Waals surface area contributed by atoms with E-state index in [0.29, 0.717) is 22.3 Å². The summed E-state index contributed by atoms with van der Waals surface area (Å²) in [6, 6.07) is 25.2. The van der Waals surface area contributed by atoms with Gasteiger partial charge in [-0.2, -0.15) is 0 Å². The van der Waals surface area contributed by atoms with E-state index in [1.54, 1.807) is 12.1 Å². The van der Waals surface area contributed by atoms with Crippen LogP contribution < -0.4 is 10.6 Å². The Morgan fingerprint density at radius 1 is 0.848 bits per heavy atom. The second kappa shape index (κ2) is 8.80. The van der Waals surface area contributed by atoms with E-state index in [-0.39, 0.29) is 5.91 Å². The fourth-order valence-corrected chi connectivity index (χ4v) is 4.49. The van der Waals surface area contributed by atoms with Gasteiger partial charge in [0.2, 0.25) is 0 Å². The maximum absolute atomic E-state index is 12.9. The minimum atomic E-state index is -0.210. The van der Waals surface area contributed by atoms with E-state index in [9.17, 15) is 4.79 Å². The second-order valence-electron chi connectivity index (χ2n) is 7.70. The molecule has 2 aromatic heterocycles. The lowest BCUT2D eigenvalue weighted by molar-refractivity contribution is 0.102. The van der Waals surface area contributed by atoms with Gasteiger partial charge >= 0.3 is 0 Å². The molecule has 0 aliphatic rings. The van der Waals surface area contributed by atoms with Crippen LogP contribution in [0.15, 0.2) is 78.9 Å². The fraction of sp³-hybridized carbons (Fsp3) is 0.0769. The summed E-state index contributed by atoms with van der Waals surface area (Å²) in [5.74, 6) is 1.12. The van der Waals surface area contributed by atoms with Gasteiger partial charge in [0.1, 0.15) is 11.6 Å². The molecule has 5 rings (SSSR count). The molecule has 0 atom stereocenters. The molecular formula is C26H21N5OS. The van der Waals surface area contributed by atoms with Crippen molar-refractivity contribution in [3.05, 3.63) is 95.8 Å². The Hall–Kier alpha value is -4.10. The number of nitrogens with zero attached hydrogens (tertiary/aromatic N) is 3. The van der Waals surface area contributed by atoms with Crippen molar-refractivity contribution in [1.82, 2.24) is 15.0 Å². The van der Waals surface area contributed by atoms with Crippen molar-refractivity contribution in [2.75, 3.05) is 10.6 Å². The van der Waals surface area contributed by atoms with Gasteiger partial charge in [0.15, 0.2) is 5.13 Å². The van der Waals surface area contributed by atoms with Crippen LogP contribution in [0, 0.1) is 13.8 Å². The number of hydrogen-bond acceptors (Lipinski definition) is 6. The normalized spacial score (nSPS) is 10.8. The number of carbonyl (C=O) groups excluding carboxylic acids is 1. The largest absolute Gasteiger partial charge is 0.340 e. The molecule has 6 nitrogen and oxygen atoms in total. The Bertz CT molecular complexity index is 1460.